The van der Waals surface area contributed by atoms with Gasteiger partial charge in [0.2, 0.25) is 0 Å². The molecule has 2 rings (SSSR count). The average molecular weight is 223 g/mol. The van der Waals surface area contributed by atoms with Crippen LogP contribution in [0.5, 0.6) is 0 Å². The number of carbonyl (C=O) groups is 1. The maximum absolute atomic E-state index is 12.0. The Labute approximate surface area is 99.2 Å². The zero-order valence-corrected chi connectivity index (χ0v) is 10.7. The molecule has 0 spiro atoms. The molecular formula is C14H25NO. The van der Waals surface area contributed by atoms with Gasteiger partial charge in [-0.05, 0) is 44.1 Å². The first-order valence-corrected chi connectivity index (χ1v) is 6.96. The van der Waals surface area contributed by atoms with E-state index in [1.165, 1.54) is 19.3 Å². The van der Waals surface area contributed by atoms with Gasteiger partial charge >= 0.3 is 0 Å². The van der Waals surface area contributed by atoms with Crippen LogP contribution in [0.25, 0.3) is 0 Å². The first kappa shape index (κ1) is 12.1. The fourth-order valence-corrected chi connectivity index (χ4v) is 3.36. The van der Waals surface area contributed by atoms with Crippen molar-refractivity contribution in [2.45, 2.75) is 58.4 Å². The van der Waals surface area contributed by atoms with Gasteiger partial charge in [0.15, 0.2) is 0 Å². The number of ketones is 1. The molecule has 0 aromatic rings. The van der Waals surface area contributed by atoms with Gasteiger partial charge in [0.25, 0.3) is 0 Å². The Hall–Kier alpha value is -0.370. The Morgan fingerprint density at radius 3 is 2.81 bits per heavy atom. The minimum Gasteiger partial charge on any atom is -0.313 e. The smallest absolute Gasteiger partial charge is 0.137 e. The molecule has 1 heterocycles. The van der Waals surface area contributed by atoms with Crippen LogP contribution in [0.2, 0.25) is 0 Å². The lowest BCUT2D eigenvalue weighted by molar-refractivity contribution is -0.127. The molecule has 1 aliphatic carbocycles. The van der Waals surface area contributed by atoms with E-state index in [2.05, 4.69) is 19.2 Å². The molecule has 0 aromatic heterocycles. The normalized spacial score (nSPS) is 41.0. The maximum atomic E-state index is 12.0. The summed E-state index contributed by atoms with van der Waals surface area (Å²) >= 11 is 0. The lowest BCUT2D eigenvalue weighted by Crippen LogP contribution is -2.47. The predicted molar refractivity (Wildman–Crippen MR) is 66.3 cm³/mol. The van der Waals surface area contributed by atoms with Crippen molar-refractivity contribution >= 4 is 5.78 Å². The van der Waals surface area contributed by atoms with E-state index >= 15 is 0 Å². The zero-order chi connectivity index (χ0) is 11.5. The SMILES string of the molecule is CCC1CCC(=O)C(C2CC(C)CCN2)C1. The largest absolute Gasteiger partial charge is 0.313 e. The molecule has 1 N–H and O–H groups in total. The fraction of sp³-hybridized carbons (Fsp3) is 0.929. The highest BCUT2D eigenvalue weighted by Crippen LogP contribution is 2.33. The third kappa shape index (κ3) is 2.65. The second-order valence-electron chi connectivity index (χ2n) is 5.81. The van der Waals surface area contributed by atoms with Crippen LogP contribution in [0, 0.1) is 17.8 Å². The quantitative estimate of drug-likeness (QED) is 0.780. The topological polar surface area (TPSA) is 29.1 Å². The third-order valence-corrected chi connectivity index (χ3v) is 4.56. The molecular weight excluding hydrogens is 198 g/mol. The molecule has 2 fully saturated rings. The van der Waals surface area contributed by atoms with Crippen LogP contribution in [0.1, 0.15) is 52.4 Å². The van der Waals surface area contributed by atoms with Crippen molar-refractivity contribution in [1.82, 2.24) is 5.32 Å². The van der Waals surface area contributed by atoms with Crippen LogP contribution in [-0.2, 0) is 4.79 Å². The van der Waals surface area contributed by atoms with Crippen LogP contribution < -0.4 is 5.32 Å². The number of Topliss-reactive ketones (excluding diaryl/α,β-unsaturated/α-hetero) is 1. The molecule has 0 radical (unpaired) electrons. The standard InChI is InChI=1S/C14H25NO/c1-3-11-4-5-14(16)12(9-11)13-8-10(2)6-7-15-13/h10-13,15H,3-9H2,1-2H3. The van der Waals surface area contributed by atoms with E-state index < -0.39 is 0 Å². The summed E-state index contributed by atoms with van der Waals surface area (Å²) in [5.41, 5.74) is 0. The van der Waals surface area contributed by atoms with Crippen LogP contribution in [0.15, 0.2) is 0 Å². The van der Waals surface area contributed by atoms with E-state index in [1.54, 1.807) is 0 Å². The molecule has 2 heteroatoms. The van der Waals surface area contributed by atoms with E-state index in [0.717, 1.165) is 37.6 Å². The number of hydrogen-bond donors (Lipinski definition) is 1. The molecule has 2 nitrogen and oxygen atoms in total. The number of rotatable bonds is 2. The molecule has 1 aliphatic heterocycles. The molecule has 92 valence electrons. The number of piperidine rings is 1. The van der Waals surface area contributed by atoms with Crippen molar-refractivity contribution in [2.75, 3.05) is 6.54 Å². The minimum atomic E-state index is 0.321. The number of carbonyl (C=O) groups excluding carboxylic acids is 1. The highest BCUT2D eigenvalue weighted by molar-refractivity contribution is 5.82. The van der Waals surface area contributed by atoms with E-state index in [4.69, 9.17) is 0 Å². The first-order chi connectivity index (χ1) is 7.70. The molecule has 0 aromatic carbocycles. The minimum absolute atomic E-state index is 0.321. The fourth-order valence-electron chi connectivity index (χ4n) is 3.36. The van der Waals surface area contributed by atoms with Crippen molar-refractivity contribution in [3.63, 3.8) is 0 Å². The van der Waals surface area contributed by atoms with E-state index in [1.807, 2.05) is 0 Å². The Bertz CT molecular complexity index is 251. The van der Waals surface area contributed by atoms with Gasteiger partial charge in [-0.15, -0.1) is 0 Å². The summed E-state index contributed by atoms with van der Waals surface area (Å²) in [6, 6.07) is 0.477. The molecule has 0 amide bonds. The van der Waals surface area contributed by atoms with Crippen molar-refractivity contribution in [3.05, 3.63) is 0 Å². The summed E-state index contributed by atoms with van der Waals surface area (Å²) in [5.74, 6) is 2.43. The summed E-state index contributed by atoms with van der Waals surface area (Å²) in [4.78, 5) is 12.0. The second kappa shape index (κ2) is 5.31. The summed E-state index contributed by atoms with van der Waals surface area (Å²) in [5, 5.41) is 3.57. The van der Waals surface area contributed by atoms with Gasteiger partial charge in [0, 0.05) is 18.4 Å². The first-order valence-electron chi connectivity index (χ1n) is 6.96. The lowest BCUT2D eigenvalue weighted by atomic mass is 9.73. The second-order valence-corrected chi connectivity index (χ2v) is 5.81. The average Bonchev–Trinajstić information content (AvgIpc) is 2.30. The molecule has 2 aliphatic rings. The highest BCUT2D eigenvalue weighted by Gasteiger charge is 2.35. The van der Waals surface area contributed by atoms with Gasteiger partial charge in [-0.25, -0.2) is 0 Å². The van der Waals surface area contributed by atoms with Crippen LogP contribution in [0.3, 0.4) is 0 Å². The highest BCUT2D eigenvalue weighted by atomic mass is 16.1. The Kier molecular flexibility index (Phi) is 4.01. The summed E-state index contributed by atoms with van der Waals surface area (Å²) in [6.07, 6.45) is 6.82. The van der Waals surface area contributed by atoms with Crippen LogP contribution >= 0.6 is 0 Å². The maximum Gasteiger partial charge on any atom is 0.137 e. The van der Waals surface area contributed by atoms with Gasteiger partial charge in [-0.1, -0.05) is 20.3 Å². The number of hydrogen-bond acceptors (Lipinski definition) is 2. The van der Waals surface area contributed by atoms with E-state index in [9.17, 15) is 4.79 Å². The van der Waals surface area contributed by atoms with Gasteiger partial charge in [0.05, 0.1) is 0 Å². The molecule has 4 atom stereocenters. The molecule has 16 heavy (non-hydrogen) atoms. The molecule has 4 unspecified atom stereocenters. The van der Waals surface area contributed by atoms with Gasteiger partial charge in [-0.2, -0.15) is 0 Å². The van der Waals surface area contributed by atoms with Gasteiger partial charge in [0.1, 0.15) is 5.78 Å². The monoisotopic (exact) mass is 223 g/mol. The molecule has 0 bridgehead atoms. The van der Waals surface area contributed by atoms with Crippen molar-refractivity contribution in [2.24, 2.45) is 17.8 Å². The van der Waals surface area contributed by atoms with Gasteiger partial charge < -0.3 is 5.32 Å². The van der Waals surface area contributed by atoms with Crippen molar-refractivity contribution < 1.29 is 4.79 Å². The van der Waals surface area contributed by atoms with Crippen LogP contribution in [0.4, 0.5) is 0 Å². The molecule has 1 saturated carbocycles. The summed E-state index contributed by atoms with van der Waals surface area (Å²) in [7, 11) is 0. The predicted octanol–water partition coefficient (Wildman–Crippen LogP) is 2.77. The lowest BCUT2D eigenvalue weighted by Gasteiger charge is -2.37. The summed E-state index contributed by atoms with van der Waals surface area (Å²) < 4.78 is 0. The van der Waals surface area contributed by atoms with Crippen LogP contribution in [-0.4, -0.2) is 18.4 Å². The Balaban J connectivity index is 1.97. The Morgan fingerprint density at radius 1 is 1.31 bits per heavy atom. The molecule has 1 saturated heterocycles. The van der Waals surface area contributed by atoms with Gasteiger partial charge in [-0.3, -0.25) is 4.79 Å². The van der Waals surface area contributed by atoms with Crippen molar-refractivity contribution in [3.8, 4) is 0 Å². The van der Waals surface area contributed by atoms with E-state index in [-0.39, 0.29) is 0 Å². The zero-order valence-electron chi connectivity index (χ0n) is 10.7. The third-order valence-electron chi connectivity index (χ3n) is 4.56. The van der Waals surface area contributed by atoms with E-state index in [0.29, 0.717) is 17.7 Å². The number of nitrogens with one attached hydrogen (secondary N) is 1. The Morgan fingerprint density at radius 2 is 2.12 bits per heavy atom. The summed E-state index contributed by atoms with van der Waals surface area (Å²) in [6.45, 7) is 5.68. The van der Waals surface area contributed by atoms with Crippen molar-refractivity contribution in [1.29, 1.82) is 0 Å².